The van der Waals surface area contributed by atoms with Crippen molar-refractivity contribution in [1.82, 2.24) is 5.32 Å². The summed E-state index contributed by atoms with van der Waals surface area (Å²) < 4.78 is 12.2. The summed E-state index contributed by atoms with van der Waals surface area (Å²) in [6.07, 6.45) is 3.95. The van der Waals surface area contributed by atoms with Crippen LogP contribution in [-0.4, -0.2) is 52.9 Å². The number of nitrogens with zero attached hydrogens (tertiary/aromatic N) is 4. The van der Waals surface area contributed by atoms with Crippen LogP contribution in [0.2, 0.25) is 0 Å². The Morgan fingerprint density at radius 2 is 1.77 bits per heavy atom. The summed E-state index contributed by atoms with van der Waals surface area (Å²) >= 11 is 0. The SMILES string of the molecule is [N-]=[N+]=Nc1ccccc1[C@H]1OC(c2ccc(OCCCO)cc2)=N[C@@]1(Cc1ccccc1)C(=O)NCC1(O)CCCCC1. The molecule has 2 atom stereocenters. The molecular weight excluding hydrogens is 546 g/mol. The molecule has 0 radical (unpaired) electrons. The summed E-state index contributed by atoms with van der Waals surface area (Å²) in [6.45, 7) is 0.542. The van der Waals surface area contributed by atoms with E-state index in [1.165, 1.54) is 0 Å². The van der Waals surface area contributed by atoms with Crippen LogP contribution in [0.3, 0.4) is 0 Å². The highest BCUT2D eigenvalue weighted by Gasteiger charge is 2.54. The van der Waals surface area contributed by atoms with Gasteiger partial charge in [0.1, 0.15) is 5.75 Å². The van der Waals surface area contributed by atoms with Gasteiger partial charge in [0.25, 0.3) is 5.91 Å². The first-order valence-electron chi connectivity index (χ1n) is 14.8. The van der Waals surface area contributed by atoms with E-state index in [1.54, 1.807) is 30.3 Å². The van der Waals surface area contributed by atoms with E-state index < -0.39 is 17.2 Å². The predicted molar refractivity (Wildman–Crippen MR) is 163 cm³/mol. The Morgan fingerprint density at radius 1 is 1.05 bits per heavy atom. The number of carbonyl (C=O) groups is 1. The van der Waals surface area contributed by atoms with E-state index >= 15 is 0 Å². The van der Waals surface area contributed by atoms with Crippen molar-refractivity contribution in [2.45, 2.75) is 62.2 Å². The van der Waals surface area contributed by atoms with Gasteiger partial charge in [0, 0.05) is 47.7 Å². The topological polar surface area (TPSA) is 149 Å². The van der Waals surface area contributed by atoms with Crippen molar-refractivity contribution >= 4 is 17.5 Å². The molecule has 0 bridgehead atoms. The normalized spacial score (nSPS) is 20.8. The second-order valence-corrected chi connectivity index (χ2v) is 11.2. The van der Waals surface area contributed by atoms with Crippen LogP contribution >= 0.6 is 0 Å². The molecule has 0 unspecified atom stereocenters. The first kappa shape index (κ1) is 30.1. The van der Waals surface area contributed by atoms with Crippen molar-refractivity contribution in [3.63, 3.8) is 0 Å². The maximum atomic E-state index is 14.4. The van der Waals surface area contributed by atoms with E-state index in [1.807, 2.05) is 48.5 Å². The zero-order valence-corrected chi connectivity index (χ0v) is 24.1. The first-order valence-corrected chi connectivity index (χ1v) is 14.8. The Kier molecular flexibility index (Phi) is 9.61. The minimum Gasteiger partial charge on any atom is -0.494 e. The number of carbonyl (C=O) groups excluding carboxylic acids is 1. The van der Waals surface area contributed by atoms with Crippen LogP contribution in [0.4, 0.5) is 5.69 Å². The van der Waals surface area contributed by atoms with E-state index in [2.05, 4.69) is 15.3 Å². The van der Waals surface area contributed by atoms with Gasteiger partial charge in [-0.05, 0) is 48.2 Å². The fourth-order valence-corrected chi connectivity index (χ4v) is 5.80. The summed E-state index contributed by atoms with van der Waals surface area (Å²) in [5.74, 6) is 0.523. The molecule has 43 heavy (non-hydrogen) atoms. The van der Waals surface area contributed by atoms with Gasteiger partial charge in [-0.2, -0.15) is 0 Å². The van der Waals surface area contributed by atoms with Crippen LogP contribution in [-0.2, 0) is 16.0 Å². The van der Waals surface area contributed by atoms with E-state index in [0.29, 0.717) is 48.4 Å². The molecule has 1 aliphatic carbocycles. The van der Waals surface area contributed by atoms with E-state index in [9.17, 15) is 15.4 Å². The van der Waals surface area contributed by atoms with Gasteiger partial charge in [0.2, 0.25) is 5.90 Å². The fraction of sp³-hybridized carbons (Fsp3) is 0.394. The van der Waals surface area contributed by atoms with Crippen LogP contribution in [0, 0.1) is 0 Å². The molecule has 3 aromatic rings. The molecule has 1 fully saturated rings. The molecule has 3 aromatic carbocycles. The summed E-state index contributed by atoms with van der Waals surface area (Å²) in [6, 6.07) is 23.8. The zero-order chi connectivity index (χ0) is 30.1. The number of rotatable bonds is 12. The smallest absolute Gasteiger partial charge is 0.252 e. The van der Waals surface area contributed by atoms with Crippen LogP contribution in [0.15, 0.2) is 89.0 Å². The van der Waals surface area contributed by atoms with Gasteiger partial charge < -0.3 is 25.0 Å². The number of hydrogen-bond acceptors (Lipinski definition) is 7. The molecule has 10 nitrogen and oxygen atoms in total. The number of hydrogen-bond donors (Lipinski definition) is 3. The van der Waals surface area contributed by atoms with Crippen molar-refractivity contribution in [3.05, 3.63) is 106 Å². The molecule has 2 aliphatic rings. The van der Waals surface area contributed by atoms with Gasteiger partial charge >= 0.3 is 0 Å². The predicted octanol–water partition coefficient (Wildman–Crippen LogP) is 5.70. The monoisotopic (exact) mass is 583 g/mol. The number of aliphatic hydroxyl groups is 2. The van der Waals surface area contributed by atoms with Crippen LogP contribution < -0.4 is 10.1 Å². The minimum absolute atomic E-state index is 0.0460. The number of aliphatic imine (C=N–C) groups is 1. The maximum absolute atomic E-state index is 14.4. The fourth-order valence-electron chi connectivity index (χ4n) is 5.80. The quantitative estimate of drug-likeness (QED) is 0.108. The highest BCUT2D eigenvalue weighted by molar-refractivity contribution is 6.01. The van der Waals surface area contributed by atoms with Gasteiger partial charge in [0.05, 0.1) is 12.2 Å². The summed E-state index contributed by atoms with van der Waals surface area (Å²) in [5.41, 5.74) is 9.26. The maximum Gasteiger partial charge on any atom is 0.252 e. The second-order valence-electron chi connectivity index (χ2n) is 11.2. The largest absolute Gasteiger partial charge is 0.494 e. The lowest BCUT2D eigenvalue weighted by Gasteiger charge is -2.35. The first-order chi connectivity index (χ1) is 21.0. The lowest BCUT2D eigenvalue weighted by atomic mass is 9.80. The molecular formula is C33H37N5O5. The van der Waals surface area contributed by atoms with E-state index in [-0.39, 0.29) is 31.4 Å². The lowest BCUT2D eigenvalue weighted by Crippen LogP contribution is -2.54. The number of nitrogens with one attached hydrogen (secondary N) is 1. The number of ether oxygens (including phenoxy) is 2. The lowest BCUT2D eigenvalue weighted by molar-refractivity contribution is -0.130. The third-order valence-electron chi connectivity index (χ3n) is 8.08. The number of benzene rings is 3. The van der Waals surface area contributed by atoms with Gasteiger partial charge in [-0.25, -0.2) is 4.99 Å². The molecule has 1 amide bonds. The molecule has 1 aliphatic heterocycles. The molecule has 3 N–H and O–H groups in total. The molecule has 0 aromatic heterocycles. The molecule has 1 saturated carbocycles. The van der Waals surface area contributed by atoms with Crippen molar-refractivity contribution in [2.75, 3.05) is 19.8 Å². The van der Waals surface area contributed by atoms with Crippen molar-refractivity contribution < 1.29 is 24.5 Å². The molecule has 224 valence electrons. The number of azide groups is 1. The van der Waals surface area contributed by atoms with Crippen molar-refractivity contribution in [2.24, 2.45) is 10.1 Å². The molecule has 0 saturated heterocycles. The van der Waals surface area contributed by atoms with E-state index in [4.69, 9.17) is 19.6 Å². The minimum atomic E-state index is -1.47. The Morgan fingerprint density at radius 3 is 2.49 bits per heavy atom. The number of aliphatic hydroxyl groups excluding tert-OH is 1. The summed E-state index contributed by atoms with van der Waals surface area (Å²) in [4.78, 5) is 22.5. The molecule has 5 rings (SSSR count). The third kappa shape index (κ3) is 7.00. The zero-order valence-electron chi connectivity index (χ0n) is 24.1. The molecule has 1 heterocycles. The summed E-state index contributed by atoms with van der Waals surface area (Å²) in [5, 5.41) is 27.2. The van der Waals surface area contributed by atoms with Crippen LogP contribution in [0.1, 0.15) is 61.3 Å². The van der Waals surface area contributed by atoms with Gasteiger partial charge in [0.15, 0.2) is 11.6 Å². The average molecular weight is 584 g/mol. The highest BCUT2D eigenvalue weighted by Crippen LogP contribution is 2.45. The standard InChI is InChI=1S/C33H37N5O5/c34-38-37-28-13-6-5-12-27(28)29-33(22-24-10-3-1-4-11-24,31(40)35-23-32(41)18-7-2-8-19-32)36-30(43-29)25-14-16-26(17-15-25)42-21-9-20-39/h1,3-6,10-17,29,39,41H,2,7-9,18-23H2,(H,35,40)/t29-,33-/m1/s1. The van der Waals surface area contributed by atoms with Crippen molar-refractivity contribution in [3.8, 4) is 5.75 Å². The molecule has 10 heteroatoms. The number of amides is 1. The van der Waals surface area contributed by atoms with Crippen molar-refractivity contribution in [1.29, 1.82) is 0 Å². The van der Waals surface area contributed by atoms with E-state index in [0.717, 1.165) is 24.8 Å². The Labute approximate surface area is 251 Å². The van der Waals surface area contributed by atoms with Gasteiger partial charge in [-0.1, -0.05) is 79.0 Å². The van der Waals surface area contributed by atoms with Crippen LogP contribution in [0.25, 0.3) is 10.4 Å². The Hall–Kier alpha value is -4.37. The highest BCUT2D eigenvalue weighted by atomic mass is 16.5. The van der Waals surface area contributed by atoms with Crippen LogP contribution in [0.5, 0.6) is 5.75 Å². The van der Waals surface area contributed by atoms with Gasteiger partial charge in [-0.15, -0.1) is 0 Å². The second kappa shape index (κ2) is 13.7. The average Bonchev–Trinajstić information content (AvgIpc) is 3.42. The molecule has 0 spiro atoms. The Bertz CT molecular complexity index is 1470. The summed E-state index contributed by atoms with van der Waals surface area (Å²) in [7, 11) is 0. The van der Waals surface area contributed by atoms with Gasteiger partial charge in [-0.3, -0.25) is 4.79 Å². The third-order valence-corrected chi connectivity index (χ3v) is 8.08. The Balaban J connectivity index is 1.57.